The van der Waals surface area contributed by atoms with E-state index >= 15 is 0 Å². The van der Waals surface area contributed by atoms with Crippen LogP contribution in [-0.4, -0.2) is 34.7 Å². The summed E-state index contributed by atoms with van der Waals surface area (Å²) in [5.41, 5.74) is 2.70. The van der Waals surface area contributed by atoms with Gasteiger partial charge in [-0.2, -0.15) is 0 Å². The largest absolute Gasteiger partial charge is 0.493 e. The molecule has 0 atom stereocenters. The van der Waals surface area contributed by atoms with Gasteiger partial charge in [0.15, 0.2) is 23.4 Å². The summed E-state index contributed by atoms with van der Waals surface area (Å²) in [7, 11) is 3.25. The maximum absolute atomic E-state index is 11.9. The number of aromatic nitrogens is 3. The molecule has 0 aliphatic heterocycles. The molecule has 0 fully saturated rings. The molecule has 2 heterocycles. The number of imidazole rings is 1. The van der Waals surface area contributed by atoms with Gasteiger partial charge in [-0.1, -0.05) is 30.8 Å². The number of ether oxygens (including phenoxy) is 3. The molecule has 0 radical (unpaired) electrons. The summed E-state index contributed by atoms with van der Waals surface area (Å²) in [4.78, 5) is 21.3. The number of carbonyl (C=O) groups excluding carboxylic acids is 1. The van der Waals surface area contributed by atoms with E-state index in [0.29, 0.717) is 23.7 Å². The van der Waals surface area contributed by atoms with Gasteiger partial charge in [-0.3, -0.25) is 14.3 Å². The molecule has 2 aromatic carbocycles. The molecule has 4 rings (SSSR count). The van der Waals surface area contributed by atoms with Crippen molar-refractivity contribution in [3.63, 3.8) is 0 Å². The standard InChI is InChI=1S/C24H25N3O4S/c1-4-7-23(28)31-15-27-20-9-6-5-8-18(20)26-24(27)32-14-19-17-13-22(30-3)21(29-2)12-16(17)10-11-25-19/h5-6,8-13H,4,7,14-15H2,1-3H3. The molecule has 0 unspecified atom stereocenters. The number of nitrogens with zero attached hydrogens (tertiary/aromatic N) is 3. The lowest BCUT2D eigenvalue weighted by Gasteiger charge is -2.12. The van der Waals surface area contributed by atoms with E-state index in [1.54, 1.807) is 32.2 Å². The highest BCUT2D eigenvalue weighted by Crippen LogP contribution is 2.35. The highest BCUT2D eigenvalue weighted by Gasteiger charge is 2.15. The first-order chi connectivity index (χ1) is 15.6. The Balaban J connectivity index is 1.63. The Hall–Kier alpha value is -3.26. The lowest BCUT2D eigenvalue weighted by molar-refractivity contribution is -0.147. The van der Waals surface area contributed by atoms with Crippen molar-refractivity contribution < 1.29 is 19.0 Å². The Bertz CT molecular complexity index is 1250. The lowest BCUT2D eigenvalue weighted by atomic mass is 10.1. The van der Waals surface area contributed by atoms with Crippen LogP contribution in [0.25, 0.3) is 21.8 Å². The molecule has 32 heavy (non-hydrogen) atoms. The first kappa shape index (κ1) is 22.0. The van der Waals surface area contributed by atoms with Gasteiger partial charge in [-0.05, 0) is 42.1 Å². The van der Waals surface area contributed by atoms with Crippen molar-refractivity contribution >= 4 is 39.5 Å². The number of benzene rings is 2. The first-order valence-corrected chi connectivity index (χ1v) is 11.4. The van der Waals surface area contributed by atoms with Crippen LogP contribution in [0.2, 0.25) is 0 Å². The Kier molecular flexibility index (Phi) is 6.80. The number of hydrogen-bond donors (Lipinski definition) is 0. The van der Waals surface area contributed by atoms with Gasteiger partial charge in [0, 0.05) is 23.8 Å². The van der Waals surface area contributed by atoms with E-state index in [9.17, 15) is 4.79 Å². The van der Waals surface area contributed by atoms with E-state index in [0.717, 1.165) is 39.1 Å². The summed E-state index contributed by atoms with van der Waals surface area (Å²) >= 11 is 1.56. The van der Waals surface area contributed by atoms with Crippen molar-refractivity contribution in [2.45, 2.75) is 37.4 Å². The van der Waals surface area contributed by atoms with E-state index < -0.39 is 0 Å². The van der Waals surface area contributed by atoms with Crippen molar-refractivity contribution in [2.24, 2.45) is 0 Å². The third kappa shape index (κ3) is 4.50. The molecule has 2 aromatic heterocycles. The number of hydrogen-bond acceptors (Lipinski definition) is 7. The molecular weight excluding hydrogens is 426 g/mol. The summed E-state index contributed by atoms with van der Waals surface area (Å²) < 4.78 is 18.3. The third-order valence-corrected chi connectivity index (χ3v) is 6.10. The molecule has 4 aromatic rings. The topological polar surface area (TPSA) is 75.5 Å². The number of carbonyl (C=O) groups is 1. The smallest absolute Gasteiger partial charge is 0.307 e. The molecular formula is C24H25N3O4S. The van der Waals surface area contributed by atoms with Crippen LogP contribution in [0.5, 0.6) is 11.5 Å². The van der Waals surface area contributed by atoms with Crippen LogP contribution in [-0.2, 0) is 22.0 Å². The molecule has 0 N–H and O–H groups in total. The molecule has 0 aliphatic carbocycles. The molecule has 0 spiro atoms. The second kappa shape index (κ2) is 9.91. The zero-order chi connectivity index (χ0) is 22.5. The van der Waals surface area contributed by atoms with E-state index in [1.807, 2.05) is 54.0 Å². The van der Waals surface area contributed by atoms with Gasteiger partial charge in [0.05, 0.1) is 30.9 Å². The van der Waals surface area contributed by atoms with Crippen LogP contribution in [0.15, 0.2) is 53.8 Å². The van der Waals surface area contributed by atoms with Crippen LogP contribution in [0, 0.1) is 0 Å². The molecule has 7 nitrogen and oxygen atoms in total. The summed E-state index contributed by atoms with van der Waals surface area (Å²) in [6.07, 6.45) is 2.95. The van der Waals surface area contributed by atoms with Gasteiger partial charge in [0.25, 0.3) is 0 Å². The molecule has 0 saturated heterocycles. The number of methoxy groups -OCH3 is 2. The van der Waals surface area contributed by atoms with Crippen LogP contribution in [0.3, 0.4) is 0 Å². The van der Waals surface area contributed by atoms with Crippen molar-refractivity contribution in [1.29, 1.82) is 0 Å². The monoisotopic (exact) mass is 451 g/mol. The molecule has 0 aliphatic rings. The fraction of sp³-hybridized carbons (Fsp3) is 0.292. The zero-order valence-corrected chi connectivity index (χ0v) is 19.1. The van der Waals surface area contributed by atoms with Crippen molar-refractivity contribution in [3.05, 3.63) is 54.4 Å². The van der Waals surface area contributed by atoms with Crippen molar-refractivity contribution in [2.75, 3.05) is 14.2 Å². The Labute approximate surface area is 190 Å². The summed E-state index contributed by atoms with van der Waals surface area (Å²) in [6, 6.07) is 13.7. The summed E-state index contributed by atoms with van der Waals surface area (Å²) in [5, 5.41) is 2.79. The molecule has 0 amide bonds. The highest BCUT2D eigenvalue weighted by molar-refractivity contribution is 7.98. The molecule has 8 heteroatoms. The number of pyridine rings is 1. The quantitative estimate of drug-likeness (QED) is 0.256. The van der Waals surface area contributed by atoms with Gasteiger partial charge in [0.1, 0.15) is 0 Å². The minimum absolute atomic E-state index is 0.135. The average molecular weight is 452 g/mol. The molecule has 166 valence electrons. The van der Waals surface area contributed by atoms with Gasteiger partial charge >= 0.3 is 5.97 Å². The molecule has 0 bridgehead atoms. The molecule has 0 saturated carbocycles. The highest BCUT2D eigenvalue weighted by atomic mass is 32.2. The van der Waals surface area contributed by atoms with E-state index in [1.165, 1.54) is 0 Å². The van der Waals surface area contributed by atoms with E-state index in [-0.39, 0.29) is 12.7 Å². The second-order valence-corrected chi connectivity index (χ2v) is 8.12. The van der Waals surface area contributed by atoms with Crippen molar-refractivity contribution in [3.8, 4) is 11.5 Å². The van der Waals surface area contributed by atoms with Crippen LogP contribution in [0.4, 0.5) is 0 Å². The maximum Gasteiger partial charge on any atom is 0.307 e. The minimum Gasteiger partial charge on any atom is -0.493 e. The van der Waals surface area contributed by atoms with E-state index in [4.69, 9.17) is 19.2 Å². The lowest BCUT2D eigenvalue weighted by Crippen LogP contribution is -2.10. The number of para-hydroxylation sites is 2. The van der Waals surface area contributed by atoms with E-state index in [2.05, 4.69) is 4.98 Å². The van der Waals surface area contributed by atoms with Gasteiger partial charge < -0.3 is 14.2 Å². The summed E-state index contributed by atoms with van der Waals surface area (Å²) in [5.74, 6) is 1.73. The summed E-state index contributed by atoms with van der Waals surface area (Å²) in [6.45, 7) is 2.09. The van der Waals surface area contributed by atoms with Crippen LogP contribution >= 0.6 is 11.8 Å². The number of fused-ring (bicyclic) bond motifs is 2. The van der Waals surface area contributed by atoms with Crippen molar-refractivity contribution in [1.82, 2.24) is 14.5 Å². The third-order valence-electron chi connectivity index (χ3n) is 5.12. The average Bonchev–Trinajstić information content (AvgIpc) is 3.18. The maximum atomic E-state index is 11.9. The zero-order valence-electron chi connectivity index (χ0n) is 18.3. The normalized spacial score (nSPS) is 11.1. The Morgan fingerprint density at radius 2 is 1.88 bits per heavy atom. The SMILES string of the molecule is CCCC(=O)OCn1c(SCc2nccc3cc(OC)c(OC)cc23)nc2ccccc21. The van der Waals surface area contributed by atoms with Gasteiger partial charge in [0.2, 0.25) is 0 Å². The number of esters is 1. The van der Waals surface area contributed by atoms with Crippen LogP contribution in [0.1, 0.15) is 25.5 Å². The fourth-order valence-electron chi connectivity index (χ4n) is 3.51. The van der Waals surface area contributed by atoms with Gasteiger partial charge in [-0.15, -0.1) is 0 Å². The van der Waals surface area contributed by atoms with Crippen LogP contribution < -0.4 is 9.47 Å². The second-order valence-electron chi connectivity index (χ2n) is 7.18. The predicted molar refractivity (Wildman–Crippen MR) is 125 cm³/mol. The predicted octanol–water partition coefficient (Wildman–Crippen LogP) is 5.19. The fourth-order valence-corrected chi connectivity index (χ4v) is 4.47. The number of rotatable bonds is 9. The first-order valence-electron chi connectivity index (χ1n) is 10.4. The van der Waals surface area contributed by atoms with Gasteiger partial charge in [-0.25, -0.2) is 4.98 Å². The minimum atomic E-state index is -0.210. The Morgan fingerprint density at radius 1 is 1.09 bits per heavy atom. The Morgan fingerprint density at radius 3 is 2.66 bits per heavy atom. The number of thioether (sulfide) groups is 1.